The van der Waals surface area contributed by atoms with Gasteiger partial charge >= 0.3 is 6.03 Å². The number of likely N-dealkylation sites (tertiary alicyclic amines) is 2. The van der Waals surface area contributed by atoms with E-state index in [0.717, 1.165) is 26.2 Å². The van der Waals surface area contributed by atoms with E-state index in [-0.39, 0.29) is 0 Å². The van der Waals surface area contributed by atoms with Crippen LogP contribution in [0.15, 0.2) is 0 Å². The van der Waals surface area contributed by atoms with Gasteiger partial charge in [0.05, 0.1) is 0 Å². The molecule has 2 heterocycles. The van der Waals surface area contributed by atoms with Gasteiger partial charge in [-0.05, 0) is 37.5 Å². The molecule has 0 saturated carbocycles. The molecule has 1 unspecified atom stereocenters. The molecule has 0 aliphatic carbocycles. The maximum Gasteiger partial charge on any atom is 0.320 e. The first kappa shape index (κ1) is 11.7. The molecule has 3 heteroatoms. The number of carbonyl (C=O) groups is 1. The SMILES string of the molecule is CC(C)C1CCCN(C(=O)N2CCCC2)C1. The van der Waals surface area contributed by atoms with Gasteiger partial charge in [0.2, 0.25) is 0 Å². The first-order chi connectivity index (χ1) is 7.68. The second kappa shape index (κ2) is 5.07. The summed E-state index contributed by atoms with van der Waals surface area (Å²) in [4.78, 5) is 16.3. The average molecular weight is 224 g/mol. The molecule has 0 radical (unpaired) electrons. The average Bonchev–Trinajstić information content (AvgIpc) is 2.81. The summed E-state index contributed by atoms with van der Waals surface area (Å²) in [7, 11) is 0. The molecule has 2 saturated heterocycles. The summed E-state index contributed by atoms with van der Waals surface area (Å²) in [6.45, 7) is 8.44. The van der Waals surface area contributed by atoms with E-state index in [2.05, 4.69) is 18.7 Å². The Morgan fingerprint density at radius 2 is 1.69 bits per heavy atom. The second-order valence-electron chi connectivity index (χ2n) is 5.57. The highest BCUT2D eigenvalue weighted by atomic mass is 16.2. The molecule has 2 amide bonds. The van der Waals surface area contributed by atoms with Crippen LogP contribution < -0.4 is 0 Å². The lowest BCUT2D eigenvalue weighted by Gasteiger charge is -2.36. The van der Waals surface area contributed by atoms with Crippen LogP contribution in [0.25, 0.3) is 0 Å². The van der Waals surface area contributed by atoms with Gasteiger partial charge in [-0.1, -0.05) is 13.8 Å². The summed E-state index contributed by atoms with van der Waals surface area (Å²) < 4.78 is 0. The van der Waals surface area contributed by atoms with Crippen molar-refractivity contribution in [1.29, 1.82) is 0 Å². The first-order valence-corrected chi connectivity index (χ1v) is 6.72. The van der Waals surface area contributed by atoms with E-state index in [1.54, 1.807) is 0 Å². The Bertz CT molecular complexity index is 246. The van der Waals surface area contributed by atoms with E-state index in [1.165, 1.54) is 25.7 Å². The molecule has 3 nitrogen and oxygen atoms in total. The number of piperidine rings is 1. The fourth-order valence-corrected chi connectivity index (χ4v) is 2.84. The predicted molar refractivity (Wildman–Crippen MR) is 65.3 cm³/mol. The third-order valence-corrected chi connectivity index (χ3v) is 4.05. The number of hydrogen-bond acceptors (Lipinski definition) is 1. The van der Waals surface area contributed by atoms with Crippen LogP contribution in [0.2, 0.25) is 0 Å². The lowest BCUT2D eigenvalue weighted by molar-refractivity contribution is 0.124. The molecule has 2 aliphatic rings. The molecule has 92 valence electrons. The molecule has 0 spiro atoms. The quantitative estimate of drug-likeness (QED) is 0.671. The molecule has 0 aromatic carbocycles. The van der Waals surface area contributed by atoms with Gasteiger partial charge in [0, 0.05) is 26.2 Å². The highest BCUT2D eigenvalue weighted by Crippen LogP contribution is 2.24. The van der Waals surface area contributed by atoms with Crippen LogP contribution in [0.4, 0.5) is 4.79 Å². The Morgan fingerprint density at radius 1 is 1.06 bits per heavy atom. The zero-order valence-corrected chi connectivity index (χ0v) is 10.6. The van der Waals surface area contributed by atoms with Crippen LogP contribution in [0.3, 0.4) is 0 Å². The van der Waals surface area contributed by atoms with Gasteiger partial charge in [0.1, 0.15) is 0 Å². The van der Waals surface area contributed by atoms with Crippen molar-refractivity contribution in [2.24, 2.45) is 11.8 Å². The molecule has 0 bridgehead atoms. The zero-order valence-electron chi connectivity index (χ0n) is 10.6. The Balaban J connectivity index is 1.90. The standard InChI is InChI=1S/C13H24N2O/c1-11(2)12-6-5-9-15(10-12)13(16)14-7-3-4-8-14/h11-12H,3-10H2,1-2H3. The van der Waals surface area contributed by atoms with Gasteiger partial charge in [0.25, 0.3) is 0 Å². The van der Waals surface area contributed by atoms with Gasteiger partial charge in [-0.2, -0.15) is 0 Å². The minimum atomic E-state index is 0.294. The number of rotatable bonds is 1. The van der Waals surface area contributed by atoms with Crippen molar-refractivity contribution in [1.82, 2.24) is 9.80 Å². The Labute approximate surface area is 98.8 Å². The van der Waals surface area contributed by atoms with Crippen LogP contribution in [0.5, 0.6) is 0 Å². The number of nitrogens with zero attached hydrogens (tertiary/aromatic N) is 2. The van der Waals surface area contributed by atoms with Gasteiger partial charge in [-0.3, -0.25) is 0 Å². The van der Waals surface area contributed by atoms with Crippen molar-refractivity contribution in [2.75, 3.05) is 26.2 Å². The highest BCUT2D eigenvalue weighted by molar-refractivity contribution is 5.74. The van der Waals surface area contributed by atoms with E-state index < -0.39 is 0 Å². The maximum atomic E-state index is 12.2. The lowest BCUT2D eigenvalue weighted by Crippen LogP contribution is -2.47. The van der Waals surface area contributed by atoms with Crippen molar-refractivity contribution < 1.29 is 4.79 Å². The predicted octanol–water partition coefficient (Wildman–Crippen LogP) is 2.57. The highest BCUT2D eigenvalue weighted by Gasteiger charge is 2.29. The molecular weight excluding hydrogens is 200 g/mol. The summed E-state index contributed by atoms with van der Waals surface area (Å²) in [5, 5.41) is 0. The molecule has 0 aromatic rings. The molecule has 1 atom stereocenters. The normalized spacial score (nSPS) is 26.6. The topological polar surface area (TPSA) is 23.6 Å². The first-order valence-electron chi connectivity index (χ1n) is 6.72. The van der Waals surface area contributed by atoms with Gasteiger partial charge in [0.15, 0.2) is 0 Å². The van der Waals surface area contributed by atoms with Crippen LogP contribution in [-0.2, 0) is 0 Å². The fraction of sp³-hybridized carbons (Fsp3) is 0.923. The van der Waals surface area contributed by atoms with Crippen molar-refractivity contribution in [3.8, 4) is 0 Å². The van der Waals surface area contributed by atoms with Crippen molar-refractivity contribution in [3.05, 3.63) is 0 Å². The largest absolute Gasteiger partial charge is 0.325 e. The third-order valence-electron chi connectivity index (χ3n) is 4.05. The van der Waals surface area contributed by atoms with Crippen LogP contribution >= 0.6 is 0 Å². The lowest BCUT2D eigenvalue weighted by atomic mass is 9.88. The molecular formula is C13H24N2O. The minimum Gasteiger partial charge on any atom is -0.325 e. The molecule has 2 rings (SSSR count). The fourth-order valence-electron chi connectivity index (χ4n) is 2.84. The summed E-state index contributed by atoms with van der Waals surface area (Å²) in [5.41, 5.74) is 0. The molecule has 2 fully saturated rings. The summed E-state index contributed by atoms with van der Waals surface area (Å²) in [5.74, 6) is 1.41. The van der Waals surface area contributed by atoms with Gasteiger partial charge in [-0.25, -0.2) is 4.79 Å². The van der Waals surface area contributed by atoms with E-state index >= 15 is 0 Å². The Morgan fingerprint density at radius 3 is 2.31 bits per heavy atom. The number of amides is 2. The number of hydrogen-bond donors (Lipinski definition) is 0. The Kier molecular flexibility index (Phi) is 3.72. The van der Waals surface area contributed by atoms with E-state index in [4.69, 9.17) is 0 Å². The molecule has 0 aromatic heterocycles. The van der Waals surface area contributed by atoms with Crippen LogP contribution in [0.1, 0.15) is 39.5 Å². The van der Waals surface area contributed by atoms with Crippen molar-refractivity contribution >= 4 is 6.03 Å². The van der Waals surface area contributed by atoms with Crippen LogP contribution in [0, 0.1) is 11.8 Å². The minimum absolute atomic E-state index is 0.294. The zero-order chi connectivity index (χ0) is 11.5. The molecule has 16 heavy (non-hydrogen) atoms. The van der Waals surface area contributed by atoms with E-state index in [1.807, 2.05) is 4.90 Å². The van der Waals surface area contributed by atoms with Crippen LogP contribution in [-0.4, -0.2) is 42.0 Å². The molecule has 2 aliphatic heterocycles. The summed E-state index contributed by atoms with van der Waals surface area (Å²) >= 11 is 0. The third kappa shape index (κ3) is 2.50. The monoisotopic (exact) mass is 224 g/mol. The van der Waals surface area contributed by atoms with Gasteiger partial charge < -0.3 is 9.80 Å². The number of urea groups is 1. The maximum absolute atomic E-state index is 12.2. The smallest absolute Gasteiger partial charge is 0.320 e. The van der Waals surface area contributed by atoms with Gasteiger partial charge in [-0.15, -0.1) is 0 Å². The second-order valence-corrected chi connectivity index (χ2v) is 5.57. The van der Waals surface area contributed by atoms with Crippen molar-refractivity contribution in [3.63, 3.8) is 0 Å². The van der Waals surface area contributed by atoms with Crippen molar-refractivity contribution in [2.45, 2.75) is 39.5 Å². The molecule has 0 N–H and O–H groups in total. The summed E-state index contributed by atoms with van der Waals surface area (Å²) in [6, 6.07) is 0.294. The van der Waals surface area contributed by atoms with E-state index in [0.29, 0.717) is 17.9 Å². The Hall–Kier alpha value is -0.730. The summed E-state index contributed by atoms with van der Waals surface area (Å²) in [6.07, 6.45) is 4.85. The number of carbonyl (C=O) groups excluding carboxylic acids is 1. The van der Waals surface area contributed by atoms with E-state index in [9.17, 15) is 4.79 Å².